The van der Waals surface area contributed by atoms with E-state index in [0.717, 1.165) is 5.56 Å². The predicted octanol–water partition coefficient (Wildman–Crippen LogP) is 1.09. The molecule has 0 atom stereocenters. The molecule has 7 N–H and O–H groups in total. The third kappa shape index (κ3) is 3.00. The van der Waals surface area contributed by atoms with Crippen molar-refractivity contribution in [2.75, 3.05) is 6.54 Å². The van der Waals surface area contributed by atoms with Crippen molar-refractivity contribution >= 4 is 34.4 Å². The van der Waals surface area contributed by atoms with Gasteiger partial charge in [-0.25, -0.2) is 4.39 Å². The number of fused-ring (bicyclic) bond motifs is 1. The van der Waals surface area contributed by atoms with Gasteiger partial charge in [-0.1, -0.05) is 11.6 Å². The van der Waals surface area contributed by atoms with Gasteiger partial charge in [0.15, 0.2) is 11.8 Å². The fraction of sp³-hybridized carbons (Fsp3) is 0.167. The lowest BCUT2D eigenvalue weighted by atomic mass is 10.1. The highest BCUT2D eigenvalue weighted by molar-refractivity contribution is 6.31. The van der Waals surface area contributed by atoms with Crippen LogP contribution in [0.3, 0.4) is 0 Å². The van der Waals surface area contributed by atoms with Gasteiger partial charge in [-0.3, -0.25) is 4.99 Å². The highest BCUT2D eigenvalue weighted by Crippen LogP contribution is 2.27. The molecule has 2 rings (SSSR count). The van der Waals surface area contributed by atoms with Crippen molar-refractivity contribution in [3.8, 4) is 0 Å². The molecule has 106 valence electrons. The summed E-state index contributed by atoms with van der Waals surface area (Å²) in [6, 6.07) is 3.23. The molecule has 0 aliphatic heterocycles. The quantitative estimate of drug-likeness (QED) is 0.501. The van der Waals surface area contributed by atoms with Crippen LogP contribution in [0.4, 0.5) is 4.39 Å². The van der Waals surface area contributed by atoms with E-state index in [4.69, 9.17) is 28.8 Å². The molecule has 0 bridgehead atoms. The Morgan fingerprint density at radius 3 is 2.75 bits per heavy atom. The van der Waals surface area contributed by atoms with Crippen LogP contribution >= 0.6 is 11.6 Å². The van der Waals surface area contributed by atoms with E-state index in [1.54, 1.807) is 12.3 Å². The van der Waals surface area contributed by atoms with Gasteiger partial charge in [0.05, 0.1) is 5.02 Å². The maximum Gasteiger partial charge on any atom is 0.218 e. The molecule has 1 heterocycles. The Balaban J connectivity index is 2.19. The van der Waals surface area contributed by atoms with Crippen molar-refractivity contribution < 1.29 is 4.39 Å². The van der Waals surface area contributed by atoms with Crippen molar-refractivity contribution in [3.63, 3.8) is 0 Å². The van der Waals surface area contributed by atoms with E-state index < -0.39 is 5.82 Å². The Bertz CT molecular complexity index is 687. The van der Waals surface area contributed by atoms with Crippen LogP contribution in [0.1, 0.15) is 5.56 Å². The molecule has 2 aromatic rings. The second kappa shape index (κ2) is 5.79. The normalized spacial score (nSPS) is 11.8. The van der Waals surface area contributed by atoms with Crippen LogP contribution in [0.15, 0.2) is 28.3 Å². The number of aromatic amines is 1. The highest BCUT2D eigenvalue weighted by Gasteiger charge is 2.11. The van der Waals surface area contributed by atoms with Gasteiger partial charge in [-0.15, -0.1) is 0 Å². The molecule has 20 heavy (non-hydrogen) atoms. The lowest BCUT2D eigenvalue weighted by Gasteiger charge is -2.00. The van der Waals surface area contributed by atoms with Crippen molar-refractivity contribution in [2.24, 2.45) is 27.2 Å². The second-order valence-corrected chi connectivity index (χ2v) is 4.53. The third-order valence-corrected chi connectivity index (χ3v) is 3.01. The molecule has 0 aliphatic carbocycles. The van der Waals surface area contributed by atoms with Gasteiger partial charge in [0.25, 0.3) is 0 Å². The SMILES string of the molecule is NC(N)=NC(N)=NCCc1c[nH]c2ccc(Cl)c(F)c12. The molecular weight excluding hydrogens is 283 g/mol. The number of nitrogens with one attached hydrogen (secondary N) is 1. The molecule has 1 aromatic heterocycles. The zero-order valence-corrected chi connectivity index (χ0v) is 11.3. The van der Waals surface area contributed by atoms with Gasteiger partial charge < -0.3 is 22.2 Å². The summed E-state index contributed by atoms with van der Waals surface area (Å²) in [5.41, 5.74) is 17.3. The summed E-state index contributed by atoms with van der Waals surface area (Å²) >= 11 is 5.78. The smallest absolute Gasteiger partial charge is 0.218 e. The Morgan fingerprint density at radius 1 is 1.30 bits per heavy atom. The van der Waals surface area contributed by atoms with Crippen LogP contribution < -0.4 is 17.2 Å². The van der Waals surface area contributed by atoms with E-state index in [2.05, 4.69) is 15.0 Å². The van der Waals surface area contributed by atoms with Crippen LogP contribution in [-0.4, -0.2) is 23.4 Å². The van der Waals surface area contributed by atoms with E-state index in [0.29, 0.717) is 23.9 Å². The lowest BCUT2D eigenvalue weighted by Crippen LogP contribution is -2.26. The van der Waals surface area contributed by atoms with Crippen molar-refractivity contribution in [2.45, 2.75) is 6.42 Å². The number of H-pyrrole nitrogens is 1. The first kappa shape index (κ1) is 14.1. The number of guanidine groups is 2. The van der Waals surface area contributed by atoms with Gasteiger partial charge >= 0.3 is 0 Å². The Kier molecular flexibility index (Phi) is 4.09. The average molecular weight is 297 g/mol. The minimum Gasteiger partial charge on any atom is -0.370 e. The zero-order valence-electron chi connectivity index (χ0n) is 10.5. The lowest BCUT2D eigenvalue weighted by molar-refractivity contribution is 0.639. The monoisotopic (exact) mass is 296 g/mol. The number of hydrogen-bond acceptors (Lipinski definition) is 1. The maximum atomic E-state index is 14.0. The molecule has 0 aliphatic rings. The summed E-state index contributed by atoms with van der Waals surface area (Å²) in [6.07, 6.45) is 2.20. The summed E-state index contributed by atoms with van der Waals surface area (Å²) in [6.45, 7) is 0.335. The molecule has 0 saturated carbocycles. The van der Waals surface area contributed by atoms with Crippen LogP contribution in [0.25, 0.3) is 10.9 Å². The number of aliphatic imine (C=N–C) groups is 2. The van der Waals surface area contributed by atoms with Crippen LogP contribution in [0.5, 0.6) is 0 Å². The van der Waals surface area contributed by atoms with E-state index in [-0.39, 0.29) is 16.9 Å². The van der Waals surface area contributed by atoms with E-state index in [1.807, 2.05) is 0 Å². The first-order valence-electron chi connectivity index (χ1n) is 5.82. The summed E-state index contributed by atoms with van der Waals surface area (Å²) in [4.78, 5) is 10.5. The second-order valence-electron chi connectivity index (χ2n) is 4.12. The molecular formula is C12H14ClFN6. The number of nitrogens with zero attached hydrogens (tertiary/aromatic N) is 2. The van der Waals surface area contributed by atoms with E-state index >= 15 is 0 Å². The summed E-state index contributed by atoms with van der Waals surface area (Å²) < 4.78 is 14.0. The topological polar surface area (TPSA) is 119 Å². The van der Waals surface area contributed by atoms with Crippen LogP contribution in [0, 0.1) is 5.82 Å². The van der Waals surface area contributed by atoms with Gasteiger partial charge in [-0.2, -0.15) is 4.99 Å². The maximum absolute atomic E-state index is 14.0. The zero-order chi connectivity index (χ0) is 14.7. The van der Waals surface area contributed by atoms with Crippen LogP contribution in [0.2, 0.25) is 5.02 Å². The van der Waals surface area contributed by atoms with Gasteiger partial charge in [0.1, 0.15) is 0 Å². The van der Waals surface area contributed by atoms with Gasteiger partial charge in [-0.05, 0) is 24.1 Å². The first-order chi connectivity index (χ1) is 9.49. The number of rotatable bonds is 3. The average Bonchev–Trinajstić information content (AvgIpc) is 2.77. The third-order valence-electron chi connectivity index (χ3n) is 2.72. The standard InChI is InChI=1S/C12H14ClFN6/c13-7-1-2-8-9(10(7)14)6(5-19-8)3-4-18-12(17)20-11(15)16/h1-2,5,19H,3-4H2,(H6,15,16,17,18,20). The predicted molar refractivity (Wildman–Crippen MR) is 79.3 cm³/mol. The summed E-state index contributed by atoms with van der Waals surface area (Å²) in [7, 11) is 0. The number of nitrogens with two attached hydrogens (primary N) is 3. The Morgan fingerprint density at radius 2 is 2.05 bits per heavy atom. The number of aromatic nitrogens is 1. The molecule has 0 saturated heterocycles. The van der Waals surface area contributed by atoms with Crippen LogP contribution in [-0.2, 0) is 6.42 Å². The number of halogens is 2. The molecule has 0 unspecified atom stereocenters. The van der Waals surface area contributed by atoms with Crippen molar-refractivity contribution in [1.29, 1.82) is 0 Å². The number of benzene rings is 1. The fourth-order valence-corrected chi connectivity index (χ4v) is 2.04. The van der Waals surface area contributed by atoms with Crippen molar-refractivity contribution in [3.05, 3.63) is 34.7 Å². The van der Waals surface area contributed by atoms with Crippen molar-refractivity contribution in [1.82, 2.24) is 4.98 Å². The Labute approximate surface area is 119 Å². The largest absolute Gasteiger partial charge is 0.370 e. The molecule has 0 amide bonds. The highest BCUT2D eigenvalue weighted by atomic mass is 35.5. The minimum atomic E-state index is -0.443. The van der Waals surface area contributed by atoms with E-state index in [9.17, 15) is 4.39 Å². The van der Waals surface area contributed by atoms with Gasteiger partial charge in [0, 0.05) is 23.6 Å². The fourth-order valence-electron chi connectivity index (χ4n) is 1.88. The van der Waals surface area contributed by atoms with Gasteiger partial charge in [0.2, 0.25) is 5.96 Å². The molecule has 1 aromatic carbocycles. The Hall–Kier alpha value is -2.28. The summed E-state index contributed by atoms with van der Waals surface area (Å²) in [5, 5.41) is 0.551. The molecule has 0 spiro atoms. The first-order valence-corrected chi connectivity index (χ1v) is 6.20. The molecule has 8 heteroatoms. The van der Waals surface area contributed by atoms with E-state index in [1.165, 1.54) is 6.07 Å². The minimum absolute atomic E-state index is 0.0108. The molecule has 0 radical (unpaired) electrons. The molecule has 0 fully saturated rings. The summed E-state index contributed by atoms with van der Waals surface area (Å²) in [5.74, 6) is -0.610. The number of hydrogen-bond donors (Lipinski definition) is 4. The molecule has 6 nitrogen and oxygen atoms in total.